The van der Waals surface area contributed by atoms with Crippen LogP contribution in [0.1, 0.15) is 24.1 Å². The first-order valence-electron chi connectivity index (χ1n) is 7.10. The van der Waals surface area contributed by atoms with Crippen LogP contribution >= 0.6 is 23.2 Å². The van der Waals surface area contributed by atoms with Crippen LogP contribution in [0.25, 0.3) is 6.08 Å². The topological polar surface area (TPSA) is 66.4 Å². The number of benzene rings is 1. The lowest BCUT2D eigenvalue weighted by Gasteiger charge is -2.13. The van der Waals surface area contributed by atoms with E-state index in [1.54, 1.807) is 42.5 Å². The molecule has 0 saturated heterocycles. The Hall–Kier alpha value is -2.30. The molecule has 0 bridgehead atoms. The minimum atomic E-state index is -0.531. The molecular formula is C18H15Cl2NO3. The number of carbonyl (C=O) groups is 1. The van der Waals surface area contributed by atoms with E-state index in [4.69, 9.17) is 23.2 Å². The molecule has 2 N–H and O–H groups in total. The minimum absolute atomic E-state index is 0.248. The molecule has 0 spiro atoms. The highest BCUT2D eigenvalue weighted by Gasteiger charge is 2.10. The number of aromatic hydroxyl groups is 1. The van der Waals surface area contributed by atoms with Crippen LogP contribution in [-0.4, -0.2) is 11.0 Å². The summed E-state index contributed by atoms with van der Waals surface area (Å²) < 4.78 is 0. The van der Waals surface area contributed by atoms with E-state index in [-0.39, 0.29) is 11.7 Å². The summed E-state index contributed by atoms with van der Waals surface area (Å²) >= 11 is 11.9. The van der Waals surface area contributed by atoms with E-state index >= 15 is 0 Å². The molecule has 2 aromatic rings. The summed E-state index contributed by atoms with van der Waals surface area (Å²) in [6, 6.07) is 10.4. The van der Waals surface area contributed by atoms with Gasteiger partial charge >= 0.3 is 0 Å². The number of hydrogen-bond donors (Lipinski definition) is 2. The lowest BCUT2D eigenvalue weighted by molar-refractivity contribution is -0.119. The third-order valence-corrected chi connectivity index (χ3v) is 3.97. The zero-order valence-electron chi connectivity index (χ0n) is 12.8. The summed E-state index contributed by atoms with van der Waals surface area (Å²) in [4.78, 5) is 23.2. The second kappa shape index (κ2) is 7.99. The number of amides is 1. The fourth-order valence-corrected chi connectivity index (χ4v) is 2.39. The largest absolute Gasteiger partial charge is 0.504 e. The van der Waals surface area contributed by atoms with Crippen LogP contribution in [0.4, 0.5) is 0 Å². The Bertz CT molecular complexity index is 850. The molecule has 0 aromatic heterocycles. The van der Waals surface area contributed by atoms with E-state index < -0.39 is 11.5 Å². The van der Waals surface area contributed by atoms with Crippen molar-refractivity contribution in [1.82, 2.24) is 5.32 Å². The maximum Gasteiger partial charge on any atom is 0.220 e. The lowest BCUT2D eigenvalue weighted by Crippen LogP contribution is -2.24. The molecule has 2 aromatic carbocycles. The SMILES string of the molecule is CC(=O)NC(C=Cc1ccc(Cl)c(Cl)c1)c1cccc(O)c(=O)c1. The van der Waals surface area contributed by atoms with E-state index in [0.717, 1.165) is 5.56 Å². The molecule has 2 rings (SSSR count). The highest BCUT2D eigenvalue weighted by Crippen LogP contribution is 2.24. The van der Waals surface area contributed by atoms with Crippen LogP contribution < -0.4 is 10.7 Å². The van der Waals surface area contributed by atoms with Gasteiger partial charge in [0.15, 0.2) is 5.75 Å². The molecule has 4 nitrogen and oxygen atoms in total. The molecule has 0 aliphatic carbocycles. The van der Waals surface area contributed by atoms with Gasteiger partial charge in [-0.1, -0.05) is 53.6 Å². The quantitative estimate of drug-likeness (QED) is 0.863. The number of hydrogen-bond acceptors (Lipinski definition) is 3. The smallest absolute Gasteiger partial charge is 0.220 e. The van der Waals surface area contributed by atoms with Gasteiger partial charge in [0.25, 0.3) is 0 Å². The maximum absolute atomic E-state index is 11.8. The Kier molecular flexibility index (Phi) is 6.01. The Morgan fingerprint density at radius 3 is 2.58 bits per heavy atom. The van der Waals surface area contributed by atoms with Gasteiger partial charge in [0.1, 0.15) is 0 Å². The summed E-state index contributed by atoms with van der Waals surface area (Å²) in [6.07, 6.45) is 3.49. The molecule has 0 radical (unpaired) electrons. The van der Waals surface area contributed by atoms with Gasteiger partial charge in [-0.25, -0.2) is 0 Å². The zero-order valence-corrected chi connectivity index (χ0v) is 14.3. The van der Waals surface area contributed by atoms with Crippen molar-refractivity contribution in [2.75, 3.05) is 0 Å². The minimum Gasteiger partial charge on any atom is -0.504 e. The Balaban J connectivity index is 2.38. The van der Waals surface area contributed by atoms with E-state index in [9.17, 15) is 14.7 Å². The zero-order chi connectivity index (χ0) is 17.7. The van der Waals surface area contributed by atoms with Gasteiger partial charge in [-0.05, 0) is 35.4 Å². The van der Waals surface area contributed by atoms with E-state index in [1.807, 2.05) is 0 Å². The van der Waals surface area contributed by atoms with Crippen LogP contribution in [0, 0.1) is 0 Å². The van der Waals surface area contributed by atoms with Gasteiger partial charge < -0.3 is 10.4 Å². The fraction of sp³-hybridized carbons (Fsp3) is 0.111. The van der Waals surface area contributed by atoms with Gasteiger partial charge in [0, 0.05) is 6.92 Å². The molecule has 0 aliphatic rings. The van der Waals surface area contributed by atoms with E-state index in [1.165, 1.54) is 19.1 Å². The predicted molar refractivity (Wildman–Crippen MR) is 96.4 cm³/mol. The number of carbonyl (C=O) groups excluding carboxylic acids is 1. The van der Waals surface area contributed by atoms with Crippen molar-refractivity contribution in [3.63, 3.8) is 0 Å². The van der Waals surface area contributed by atoms with Crippen molar-refractivity contribution >= 4 is 35.2 Å². The summed E-state index contributed by atoms with van der Waals surface area (Å²) in [6.45, 7) is 1.39. The van der Waals surface area contributed by atoms with Gasteiger partial charge in [0.2, 0.25) is 11.3 Å². The van der Waals surface area contributed by atoms with E-state index in [2.05, 4.69) is 5.32 Å². The van der Waals surface area contributed by atoms with Gasteiger partial charge in [-0.2, -0.15) is 0 Å². The van der Waals surface area contributed by atoms with Crippen molar-refractivity contribution in [2.45, 2.75) is 13.0 Å². The van der Waals surface area contributed by atoms with Crippen LogP contribution in [0.15, 0.2) is 53.3 Å². The molecule has 1 atom stereocenters. The van der Waals surface area contributed by atoms with Crippen molar-refractivity contribution in [1.29, 1.82) is 0 Å². The number of nitrogens with one attached hydrogen (secondary N) is 1. The highest BCUT2D eigenvalue weighted by molar-refractivity contribution is 6.42. The molecule has 6 heteroatoms. The Labute approximate surface area is 149 Å². The van der Waals surface area contributed by atoms with Crippen LogP contribution in [-0.2, 0) is 4.79 Å². The third kappa shape index (κ3) is 4.85. The van der Waals surface area contributed by atoms with Crippen LogP contribution in [0.5, 0.6) is 5.75 Å². The summed E-state index contributed by atoms with van der Waals surface area (Å²) in [7, 11) is 0. The first-order chi connectivity index (χ1) is 11.4. The summed E-state index contributed by atoms with van der Waals surface area (Å²) in [5.41, 5.74) is 0.824. The van der Waals surface area contributed by atoms with Crippen LogP contribution in [0.2, 0.25) is 10.0 Å². The van der Waals surface area contributed by atoms with Gasteiger partial charge in [-0.3, -0.25) is 9.59 Å². The monoisotopic (exact) mass is 363 g/mol. The lowest BCUT2D eigenvalue weighted by atomic mass is 10.1. The fourth-order valence-electron chi connectivity index (χ4n) is 2.08. The van der Waals surface area contributed by atoms with Crippen molar-refractivity contribution < 1.29 is 9.90 Å². The van der Waals surface area contributed by atoms with Crippen molar-refractivity contribution in [2.24, 2.45) is 0 Å². The predicted octanol–water partition coefficient (Wildman–Crippen LogP) is 3.95. The second-order valence-corrected chi connectivity index (χ2v) is 5.94. The number of halogens is 2. The van der Waals surface area contributed by atoms with Crippen LogP contribution in [0.3, 0.4) is 0 Å². The molecule has 0 heterocycles. The van der Waals surface area contributed by atoms with E-state index in [0.29, 0.717) is 15.6 Å². The highest BCUT2D eigenvalue weighted by atomic mass is 35.5. The standard InChI is InChI=1S/C18H15Cl2NO3/c1-11(22)21-16(13-3-2-4-17(23)18(24)10-13)8-6-12-5-7-14(19)15(20)9-12/h2-10,16H,1H3,(H,21,22)(H,23,24). The molecule has 1 amide bonds. The normalized spacial score (nSPS) is 12.1. The molecule has 0 aliphatic heterocycles. The summed E-state index contributed by atoms with van der Waals surface area (Å²) in [5, 5.41) is 13.1. The van der Waals surface area contributed by atoms with Crippen molar-refractivity contribution in [3.8, 4) is 5.75 Å². The Morgan fingerprint density at radius 1 is 1.17 bits per heavy atom. The molecule has 24 heavy (non-hydrogen) atoms. The average Bonchev–Trinajstić information content (AvgIpc) is 2.68. The maximum atomic E-state index is 11.8. The van der Waals surface area contributed by atoms with Gasteiger partial charge in [-0.15, -0.1) is 0 Å². The Morgan fingerprint density at radius 2 is 1.92 bits per heavy atom. The van der Waals surface area contributed by atoms with Crippen molar-refractivity contribution in [3.05, 3.63) is 79.9 Å². The number of rotatable bonds is 4. The van der Waals surface area contributed by atoms with Gasteiger partial charge in [0.05, 0.1) is 16.1 Å². The summed E-state index contributed by atoms with van der Waals surface area (Å²) in [5.74, 6) is -0.599. The first kappa shape index (κ1) is 18.0. The molecule has 0 fully saturated rings. The second-order valence-electron chi connectivity index (χ2n) is 5.13. The first-order valence-corrected chi connectivity index (χ1v) is 7.86. The average molecular weight is 364 g/mol. The molecular weight excluding hydrogens is 349 g/mol. The third-order valence-electron chi connectivity index (χ3n) is 3.24. The molecule has 124 valence electrons. The molecule has 0 saturated carbocycles. The molecule has 1 unspecified atom stereocenters.